The van der Waals surface area contributed by atoms with Crippen LogP contribution in [-0.4, -0.2) is 19.1 Å². The molecule has 134 valence electrons. The highest BCUT2D eigenvalue weighted by Gasteiger charge is 2.08. The number of carbonyl (C=O) groups is 1. The zero-order chi connectivity index (χ0) is 18.1. The first kappa shape index (κ1) is 18.8. The zero-order valence-electron chi connectivity index (χ0n) is 15.2. The molecule has 0 bridgehead atoms. The Bertz CT molecular complexity index is 665. The molecule has 0 saturated carbocycles. The summed E-state index contributed by atoms with van der Waals surface area (Å²) in [6.07, 6.45) is 2.14. The van der Waals surface area contributed by atoms with Gasteiger partial charge in [0, 0.05) is 11.3 Å². The number of anilines is 1. The first-order chi connectivity index (χ1) is 12.1. The van der Waals surface area contributed by atoms with Crippen molar-refractivity contribution in [2.75, 3.05) is 18.5 Å². The van der Waals surface area contributed by atoms with Crippen LogP contribution in [-0.2, 0) is 0 Å². The Kier molecular flexibility index (Phi) is 7.33. The minimum Gasteiger partial charge on any atom is -0.494 e. The summed E-state index contributed by atoms with van der Waals surface area (Å²) in [7, 11) is 0. The molecule has 0 fully saturated rings. The lowest BCUT2D eigenvalue weighted by Gasteiger charge is -2.11. The highest BCUT2D eigenvalue weighted by molar-refractivity contribution is 6.04. The summed E-state index contributed by atoms with van der Waals surface area (Å²) < 4.78 is 11.3. The van der Waals surface area contributed by atoms with Gasteiger partial charge in [-0.25, -0.2) is 0 Å². The van der Waals surface area contributed by atoms with Crippen molar-refractivity contribution in [3.63, 3.8) is 0 Å². The highest BCUT2D eigenvalue weighted by Crippen LogP contribution is 2.19. The van der Waals surface area contributed by atoms with Crippen LogP contribution < -0.4 is 14.8 Å². The molecule has 0 saturated heterocycles. The molecular formula is C21H27NO3. The van der Waals surface area contributed by atoms with Crippen molar-refractivity contribution in [2.24, 2.45) is 5.92 Å². The average molecular weight is 341 g/mol. The summed E-state index contributed by atoms with van der Waals surface area (Å²) in [5.74, 6) is 1.81. The molecule has 2 aromatic carbocycles. The smallest absolute Gasteiger partial charge is 0.255 e. The lowest BCUT2D eigenvalue weighted by atomic mass is 10.2. The molecule has 2 rings (SSSR count). The quantitative estimate of drug-likeness (QED) is 0.641. The zero-order valence-corrected chi connectivity index (χ0v) is 15.2. The van der Waals surface area contributed by atoms with Gasteiger partial charge >= 0.3 is 0 Å². The predicted octanol–water partition coefficient (Wildman–Crippen LogP) is 5.15. The van der Waals surface area contributed by atoms with E-state index in [1.54, 1.807) is 12.1 Å². The van der Waals surface area contributed by atoms with Crippen molar-refractivity contribution in [3.8, 4) is 11.5 Å². The topological polar surface area (TPSA) is 47.6 Å². The van der Waals surface area contributed by atoms with E-state index in [9.17, 15) is 4.79 Å². The molecule has 0 aromatic heterocycles. The van der Waals surface area contributed by atoms with E-state index in [1.165, 1.54) is 0 Å². The van der Waals surface area contributed by atoms with E-state index in [2.05, 4.69) is 26.1 Å². The van der Waals surface area contributed by atoms with Crippen LogP contribution in [0.25, 0.3) is 0 Å². The van der Waals surface area contributed by atoms with Crippen molar-refractivity contribution in [1.29, 1.82) is 0 Å². The molecule has 4 nitrogen and oxygen atoms in total. The Labute approximate surface area is 150 Å². The SMILES string of the molecule is CCCCOc1ccc(NC(=O)c2cccc(OCC(C)C)c2)cc1. The minimum absolute atomic E-state index is 0.158. The first-order valence-corrected chi connectivity index (χ1v) is 8.85. The maximum Gasteiger partial charge on any atom is 0.255 e. The van der Waals surface area contributed by atoms with Gasteiger partial charge in [0.2, 0.25) is 0 Å². The molecule has 25 heavy (non-hydrogen) atoms. The second-order valence-electron chi connectivity index (χ2n) is 6.41. The second kappa shape index (κ2) is 9.72. The molecule has 0 atom stereocenters. The Morgan fingerprint density at radius 1 is 1.04 bits per heavy atom. The largest absolute Gasteiger partial charge is 0.494 e. The number of ether oxygens (including phenoxy) is 2. The number of carbonyl (C=O) groups excluding carboxylic acids is 1. The molecule has 0 aliphatic carbocycles. The summed E-state index contributed by atoms with van der Waals surface area (Å²) in [6, 6.07) is 14.7. The normalized spacial score (nSPS) is 10.6. The second-order valence-corrected chi connectivity index (χ2v) is 6.41. The van der Waals surface area contributed by atoms with Gasteiger partial charge in [-0.15, -0.1) is 0 Å². The number of unbranched alkanes of at least 4 members (excludes halogenated alkanes) is 1. The fourth-order valence-electron chi connectivity index (χ4n) is 2.16. The molecule has 1 N–H and O–H groups in total. The van der Waals surface area contributed by atoms with E-state index < -0.39 is 0 Å². The van der Waals surface area contributed by atoms with Gasteiger partial charge in [-0.2, -0.15) is 0 Å². The number of amides is 1. The molecule has 0 aliphatic heterocycles. The summed E-state index contributed by atoms with van der Waals surface area (Å²) in [5, 5.41) is 2.89. The molecule has 0 spiro atoms. The van der Waals surface area contributed by atoms with Crippen LogP contribution in [0.2, 0.25) is 0 Å². The van der Waals surface area contributed by atoms with Crippen LogP contribution in [0.3, 0.4) is 0 Å². The van der Waals surface area contributed by atoms with Gasteiger partial charge in [0.15, 0.2) is 0 Å². The van der Waals surface area contributed by atoms with Crippen molar-refractivity contribution in [1.82, 2.24) is 0 Å². The molecule has 0 heterocycles. The average Bonchev–Trinajstić information content (AvgIpc) is 2.62. The lowest BCUT2D eigenvalue weighted by molar-refractivity contribution is 0.102. The van der Waals surface area contributed by atoms with Crippen LogP contribution >= 0.6 is 0 Å². The first-order valence-electron chi connectivity index (χ1n) is 8.85. The Balaban J connectivity index is 1.93. The lowest BCUT2D eigenvalue weighted by Crippen LogP contribution is -2.12. The third-order valence-electron chi connectivity index (χ3n) is 3.56. The molecule has 1 amide bonds. The van der Waals surface area contributed by atoms with Gasteiger partial charge in [-0.05, 0) is 54.8 Å². The summed E-state index contributed by atoms with van der Waals surface area (Å²) in [4.78, 5) is 12.4. The molecule has 0 radical (unpaired) electrons. The Morgan fingerprint density at radius 2 is 1.80 bits per heavy atom. The summed E-state index contributed by atoms with van der Waals surface area (Å²) >= 11 is 0. The molecular weight excluding hydrogens is 314 g/mol. The van der Waals surface area contributed by atoms with Gasteiger partial charge < -0.3 is 14.8 Å². The van der Waals surface area contributed by atoms with Crippen molar-refractivity contribution in [3.05, 3.63) is 54.1 Å². The van der Waals surface area contributed by atoms with E-state index in [1.807, 2.05) is 36.4 Å². The van der Waals surface area contributed by atoms with E-state index in [0.717, 1.165) is 24.3 Å². The van der Waals surface area contributed by atoms with Crippen molar-refractivity contribution in [2.45, 2.75) is 33.6 Å². The van der Waals surface area contributed by atoms with E-state index in [4.69, 9.17) is 9.47 Å². The Hall–Kier alpha value is -2.49. The van der Waals surface area contributed by atoms with Crippen LogP contribution in [0, 0.1) is 5.92 Å². The Morgan fingerprint density at radius 3 is 2.48 bits per heavy atom. The van der Waals surface area contributed by atoms with Gasteiger partial charge in [0.1, 0.15) is 11.5 Å². The van der Waals surface area contributed by atoms with Gasteiger partial charge in [0.05, 0.1) is 13.2 Å². The van der Waals surface area contributed by atoms with Gasteiger partial charge in [0.25, 0.3) is 5.91 Å². The fraction of sp³-hybridized carbons (Fsp3) is 0.381. The van der Waals surface area contributed by atoms with Crippen molar-refractivity contribution >= 4 is 11.6 Å². The highest BCUT2D eigenvalue weighted by atomic mass is 16.5. The number of rotatable bonds is 9. The number of hydrogen-bond donors (Lipinski definition) is 1. The van der Waals surface area contributed by atoms with E-state index in [0.29, 0.717) is 30.4 Å². The molecule has 2 aromatic rings. The number of benzene rings is 2. The fourth-order valence-corrected chi connectivity index (χ4v) is 2.16. The standard InChI is InChI=1S/C21H27NO3/c1-4-5-13-24-19-11-9-18(10-12-19)22-21(23)17-7-6-8-20(14-17)25-15-16(2)3/h6-12,14,16H,4-5,13,15H2,1-3H3,(H,22,23). The van der Waals surface area contributed by atoms with Crippen LogP contribution in [0.5, 0.6) is 11.5 Å². The monoisotopic (exact) mass is 341 g/mol. The molecule has 0 unspecified atom stereocenters. The van der Waals surface area contributed by atoms with Gasteiger partial charge in [-0.1, -0.05) is 33.3 Å². The summed E-state index contributed by atoms with van der Waals surface area (Å²) in [6.45, 7) is 7.65. The van der Waals surface area contributed by atoms with Crippen molar-refractivity contribution < 1.29 is 14.3 Å². The minimum atomic E-state index is -0.158. The third kappa shape index (κ3) is 6.49. The molecule has 4 heteroatoms. The predicted molar refractivity (Wildman–Crippen MR) is 102 cm³/mol. The number of hydrogen-bond acceptors (Lipinski definition) is 3. The third-order valence-corrected chi connectivity index (χ3v) is 3.56. The maximum absolute atomic E-state index is 12.4. The number of nitrogens with one attached hydrogen (secondary N) is 1. The van der Waals surface area contributed by atoms with E-state index >= 15 is 0 Å². The van der Waals surface area contributed by atoms with E-state index in [-0.39, 0.29) is 5.91 Å². The van der Waals surface area contributed by atoms with Gasteiger partial charge in [-0.3, -0.25) is 4.79 Å². The van der Waals surface area contributed by atoms with Crippen LogP contribution in [0.1, 0.15) is 44.0 Å². The molecule has 0 aliphatic rings. The summed E-state index contributed by atoms with van der Waals surface area (Å²) in [5.41, 5.74) is 1.31. The maximum atomic E-state index is 12.4. The van der Waals surface area contributed by atoms with Crippen LogP contribution in [0.15, 0.2) is 48.5 Å². The van der Waals surface area contributed by atoms with Crippen LogP contribution in [0.4, 0.5) is 5.69 Å².